The number of halogens is 1. The third kappa shape index (κ3) is 3.88. The molecule has 5 N–H and O–H groups in total. The number of aromatic nitrogens is 1. The van der Waals surface area contributed by atoms with Crippen LogP contribution < -0.4 is 16.5 Å². The van der Waals surface area contributed by atoms with E-state index in [1.54, 1.807) is 24.5 Å². The minimum Gasteiger partial charge on any atom is -0.360 e. The number of aromatic amines is 1. The highest BCUT2D eigenvalue weighted by Crippen LogP contribution is 2.27. The van der Waals surface area contributed by atoms with Crippen molar-refractivity contribution in [3.05, 3.63) is 77.5 Å². The zero-order valence-electron chi connectivity index (χ0n) is 16.4. The Labute approximate surface area is 184 Å². The Morgan fingerprint density at radius 3 is 2.74 bits per heavy atom. The van der Waals surface area contributed by atoms with Crippen LogP contribution in [0.4, 0.5) is 5.69 Å². The maximum atomic E-state index is 12.7. The first-order valence-corrected chi connectivity index (χ1v) is 9.61. The second-order valence-corrected chi connectivity index (χ2v) is 7.37. The summed E-state index contributed by atoms with van der Waals surface area (Å²) in [6.07, 6.45) is 3.77. The molecule has 3 aromatic carbocycles. The largest absolute Gasteiger partial charge is 0.360 e. The van der Waals surface area contributed by atoms with E-state index in [9.17, 15) is 9.59 Å². The molecule has 0 fully saturated rings. The second-order valence-electron chi connectivity index (χ2n) is 7.37. The summed E-state index contributed by atoms with van der Waals surface area (Å²) in [5.41, 5.74) is 12.1. The van der Waals surface area contributed by atoms with Crippen molar-refractivity contribution in [2.75, 3.05) is 5.32 Å². The van der Waals surface area contributed by atoms with Crippen molar-refractivity contribution >= 4 is 57.8 Å². The van der Waals surface area contributed by atoms with Crippen molar-refractivity contribution in [3.63, 3.8) is 0 Å². The number of H-pyrrole nitrogens is 1. The molecular formula is C23H20ClN5O2. The molecule has 156 valence electrons. The molecular weight excluding hydrogens is 414 g/mol. The molecule has 4 aromatic rings. The first kappa shape index (κ1) is 20.6. The summed E-state index contributed by atoms with van der Waals surface area (Å²) >= 11 is 0. The second kappa shape index (κ2) is 8.22. The normalized spacial score (nSPS) is 13.4. The molecule has 0 bridgehead atoms. The summed E-state index contributed by atoms with van der Waals surface area (Å²) < 4.78 is 0. The molecule has 8 heteroatoms. The summed E-state index contributed by atoms with van der Waals surface area (Å²) in [5, 5.41) is 9.76. The number of amides is 2. The summed E-state index contributed by atoms with van der Waals surface area (Å²) in [4.78, 5) is 28.2. The molecule has 1 aromatic heterocycles. The standard InChI is InChI=1S/C23H19N5O2.ClH/c24-19(8-13-5-6-14-3-1-2-4-15(14)7-13)23(30)27-17-9-18-21-16(11-25-20(21)10-17)12-26-28-22(18)29;/h1-7,9-12,19,25H,8,24H2,(H,27,30)(H,28,29);1H/t19-;/m1./s1. The third-order valence-corrected chi connectivity index (χ3v) is 5.30. The van der Waals surface area contributed by atoms with Gasteiger partial charge in [0.2, 0.25) is 5.91 Å². The summed E-state index contributed by atoms with van der Waals surface area (Å²) in [6.45, 7) is 0. The van der Waals surface area contributed by atoms with Gasteiger partial charge in [-0.3, -0.25) is 9.59 Å². The minimum atomic E-state index is -0.725. The summed E-state index contributed by atoms with van der Waals surface area (Å²) in [7, 11) is 0. The Morgan fingerprint density at radius 1 is 1.10 bits per heavy atom. The van der Waals surface area contributed by atoms with Gasteiger partial charge in [0.25, 0.3) is 5.91 Å². The van der Waals surface area contributed by atoms with E-state index in [1.165, 1.54) is 0 Å². The lowest BCUT2D eigenvalue weighted by Crippen LogP contribution is -2.37. The monoisotopic (exact) mass is 433 g/mol. The highest BCUT2D eigenvalue weighted by Gasteiger charge is 2.20. The van der Waals surface area contributed by atoms with Crippen molar-refractivity contribution < 1.29 is 9.59 Å². The highest BCUT2D eigenvalue weighted by molar-refractivity contribution is 6.15. The van der Waals surface area contributed by atoms with Gasteiger partial charge in [-0.2, -0.15) is 5.10 Å². The number of hydrogen-bond acceptors (Lipinski definition) is 4. The number of hydrogen-bond donors (Lipinski definition) is 4. The fraction of sp³-hybridized carbons (Fsp3) is 0.0870. The first-order valence-electron chi connectivity index (χ1n) is 9.61. The lowest BCUT2D eigenvalue weighted by Gasteiger charge is -2.14. The Kier molecular flexibility index (Phi) is 5.46. The van der Waals surface area contributed by atoms with Gasteiger partial charge in [-0.05, 0) is 34.9 Å². The van der Waals surface area contributed by atoms with E-state index in [2.05, 4.69) is 20.8 Å². The number of nitrogens with one attached hydrogen (secondary N) is 3. The molecule has 0 radical (unpaired) electrons. The molecule has 2 heterocycles. The van der Waals surface area contributed by atoms with Crippen LogP contribution in [0.2, 0.25) is 0 Å². The van der Waals surface area contributed by atoms with Crippen molar-refractivity contribution in [2.45, 2.75) is 12.5 Å². The van der Waals surface area contributed by atoms with Crippen LogP contribution in [0, 0.1) is 0 Å². The van der Waals surface area contributed by atoms with Crippen LogP contribution in [0.3, 0.4) is 0 Å². The number of hydrazone groups is 1. The van der Waals surface area contributed by atoms with Crippen LogP contribution in [0.25, 0.3) is 21.7 Å². The molecule has 2 amide bonds. The van der Waals surface area contributed by atoms with Gasteiger partial charge in [0, 0.05) is 28.4 Å². The molecule has 7 nitrogen and oxygen atoms in total. The lowest BCUT2D eigenvalue weighted by atomic mass is 10.0. The third-order valence-electron chi connectivity index (χ3n) is 5.30. The van der Waals surface area contributed by atoms with Crippen LogP contribution >= 0.6 is 12.4 Å². The van der Waals surface area contributed by atoms with E-state index < -0.39 is 6.04 Å². The fourth-order valence-electron chi connectivity index (χ4n) is 3.82. The Balaban J connectivity index is 0.00000231. The zero-order valence-corrected chi connectivity index (χ0v) is 17.2. The maximum absolute atomic E-state index is 12.7. The average molecular weight is 434 g/mol. The van der Waals surface area contributed by atoms with Gasteiger partial charge in [0.1, 0.15) is 0 Å². The van der Waals surface area contributed by atoms with E-state index in [-0.39, 0.29) is 24.2 Å². The number of nitrogens with zero attached hydrogens (tertiary/aromatic N) is 1. The molecule has 0 unspecified atom stereocenters. The predicted octanol–water partition coefficient (Wildman–Crippen LogP) is 3.33. The van der Waals surface area contributed by atoms with Gasteiger partial charge in [-0.25, -0.2) is 5.43 Å². The maximum Gasteiger partial charge on any atom is 0.272 e. The SMILES string of the molecule is Cl.N[C@H](Cc1ccc2ccccc2c1)C(=O)Nc1cc2c3c(c[nH]c3c1)C=NNC2=O. The number of carbonyl (C=O) groups is 2. The molecule has 0 spiro atoms. The Bertz CT molecular complexity index is 1340. The van der Waals surface area contributed by atoms with Crippen molar-refractivity contribution in [1.82, 2.24) is 10.4 Å². The van der Waals surface area contributed by atoms with Crippen LogP contribution in [0.15, 0.2) is 65.9 Å². The van der Waals surface area contributed by atoms with Crippen molar-refractivity contribution in [2.24, 2.45) is 10.8 Å². The Morgan fingerprint density at radius 2 is 1.90 bits per heavy atom. The van der Waals surface area contributed by atoms with E-state index in [0.717, 1.165) is 32.8 Å². The summed E-state index contributed by atoms with van der Waals surface area (Å²) in [6, 6.07) is 16.8. The van der Waals surface area contributed by atoms with Crippen molar-refractivity contribution in [3.8, 4) is 0 Å². The van der Waals surface area contributed by atoms with Gasteiger partial charge in [-0.1, -0.05) is 42.5 Å². The molecule has 0 saturated carbocycles. The molecule has 0 aliphatic carbocycles. The quantitative estimate of drug-likeness (QED) is 0.396. The van der Waals surface area contributed by atoms with Gasteiger partial charge in [0.15, 0.2) is 0 Å². The van der Waals surface area contributed by atoms with Crippen LogP contribution in [-0.2, 0) is 11.2 Å². The average Bonchev–Trinajstić information content (AvgIpc) is 3.08. The van der Waals surface area contributed by atoms with Crippen LogP contribution in [-0.4, -0.2) is 29.1 Å². The number of rotatable bonds is 4. The molecule has 1 atom stereocenters. The highest BCUT2D eigenvalue weighted by atomic mass is 35.5. The van der Waals surface area contributed by atoms with E-state index in [4.69, 9.17) is 5.73 Å². The lowest BCUT2D eigenvalue weighted by molar-refractivity contribution is -0.117. The number of anilines is 1. The van der Waals surface area contributed by atoms with Gasteiger partial charge < -0.3 is 16.0 Å². The van der Waals surface area contributed by atoms with Crippen LogP contribution in [0.5, 0.6) is 0 Å². The molecule has 31 heavy (non-hydrogen) atoms. The molecule has 5 rings (SSSR count). The smallest absolute Gasteiger partial charge is 0.272 e. The minimum absolute atomic E-state index is 0. The van der Waals surface area contributed by atoms with Crippen LogP contribution in [0.1, 0.15) is 21.5 Å². The van der Waals surface area contributed by atoms with Gasteiger partial charge >= 0.3 is 0 Å². The number of benzene rings is 3. The number of carbonyl (C=O) groups excluding carboxylic acids is 2. The summed E-state index contributed by atoms with van der Waals surface area (Å²) in [5.74, 6) is -0.641. The van der Waals surface area contributed by atoms with E-state index in [0.29, 0.717) is 17.7 Å². The van der Waals surface area contributed by atoms with E-state index >= 15 is 0 Å². The fourth-order valence-corrected chi connectivity index (χ4v) is 3.82. The van der Waals surface area contributed by atoms with Gasteiger partial charge in [-0.15, -0.1) is 12.4 Å². The van der Waals surface area contributed by atoms with Crippen molar-refractivity contribution in [1.29, 1.82) is 0 Å². The van der Waals surface area contributed by atoms with Gasteiger partial charge in [0.05, 0.1) is 17.8 Å². The first-order chi connectivity index (χ1) is 14.6. The predicted molar refractivity (Wildman–Crippen MR) is 125 cm³/mol. The van der Waals surface area contributed by atoms with E-state index in [1.807, 2.05) is 42.5 Å². The zero-order chi connectivity index (χ0) is 20.7. The molecule has 1 aliphatic rings. The number of nitrogens with two attached hydrogens (primary N) is 1. The number of fused-ring (bicyclic) bond motifs is 1. The Hall–Kier alpha value is -3.68. The molecule has 1 aliphatic heterocycles. The molecule has 0 saturated heterocycles. The topological polar surface area (TPSA) is 112 Å².